The highest BCUT2D eigenvalue weighted by molar-refractivity contribution is 5.94. The smallest absolute Gasteiger partial charge is 0.275 e. The summed E-state index contributed by atoms with van der Waals surface area (Å²) in [5.41, 5.74) is 3.48. The number of hydrogen-bond acceptors (Lipinski definition) is 9. The van der Waals surface area contributed by atoms with Gasteiger partial charge in [-0.3, -0.25) is 19.2 Å². The van der Waals surface area contributed by atoms with E-state index in [-0.39, 0.29) is 31.8 Å². The van der Waals surface area contributed by atoms with E-state index in [1.165, 1.54) is 0 Å². The number of aliphatic hydroxyl groups excluding tert-OH is 1. The summed E-state index contributed by atoms with van der Waals surface area (Å²) in [6.45, 7) is 2.97. The van der Waals surface area contributed by atoms with Crippen LogP contribution in [-0.2, 0) is 28.8 Å². The molecule has 6 N–H and O–H groups in total. The summed E-state index contributed by atoms with van der Waals surface area (Å²) in [6.07, 6.45) is -2.20. The van der Waals surface area contributed by atoms with Gasteiger partial charge in [-0.1, -0.05) is 13.8 Å². The molecule has 1 aliphatic rings. The van der Waals surface area contributed by atoms with Gasteiger partial charge in [0.1, 0.15) is 12.1 Å². The number of carbonyl (C=O) groups excluding carboxylic acids is 6. The molecule has 0 radical (unpaired) electrons. The Kier molecular flexibility index (Phi) is 11.6. The van der Waals surface area contributed by atoms with Gasteiger partial charge < -0.3 is 46.2 Å². The zero-order valence-electron chi connectivity index (χ0n) is 19.4. The quantitative estimate of drug-likeness (QED) is 0.184. The Hall–Kier alpha value is -3.06. The molecule has 0 aromatic rings. The number of rotatable bonds is 14. The van der Waals surface area contributed by atoms with Crippen LogP contribution < -0.4 is 26.6 Å². The summed E-state index contributed by atoms with van der Waals surface area (Å²) < 4.78 is 0. The fourth-order valence-electron chi connectivity index (χ4n) is 3.71. The van der Waals surface area contributed by atoms with E-state index < -0.39 is 78.9 Å². The number of Topliss-reactive ketones (excluding diaryl/α,β-unsaturated/α-hetero) is 1. The molecule has 1 rings (SSSR count). The van der Waals surface area contributed by atoms with Gasteiger partial charge in [0, 0.05) is 37.2 Å². The number of β-amino-alcohol motifs (C(OH)–C–C–N with tert-alkyl or cyclic N) is 1. The maximum Gasteiger partial charge on any atom is 0.275 e. The van der Waals surface area contributed by atoms with Crippen molar-refractivity contribution >= 4 is 35.4 Å². The predicted molar refractivity (Wildman–Crippen MR) is 111 cm³/mol. The second-order valence-corrected chi connectivity index (χ2v) is 8.78. The molecule has 13 nitrogen and oxygen atoms in total. The number of aliphatic carboxylic acids is 2. The number of hydrogen-bond donors (Lipinski definition) is 4. The first-order chi connectivity index (χ1) is 15.8. The van der Waals surface area contributed by atoms with Crippen LogP contribution in [0.2, 0.25) is 0 Å². The van der Waals surface area contributed by atoms with Gasteiger partial charge in [-0.15, -0.1) is 0 Å². The van der Waals surface area contributed by atoms with E-state index in [2.05, 4.69) is 16.4 Å². The van der Waals surface area contributed by atoms with Gasteiger partial charge in [0.25, 0.3) is 5.91 Å². The van der Waals surface area contributed by atoms with E-state index in [0.717, 1.165) is 4.90 Å². The summed E-state index contributed by atoms with van der Waals surface area (Å²) in [4.78, 5) is 72.5. The number of amides is 3. The number of ketones is 1. The molecule has 0 unspecified atom stereocenters. The molecule has 1 saturated heterocycles. The Balaban J connectivity index is 2.80. The third kappa shape index (κ3) is 9.43. The standard InChI is InChI=1S/C21H34N4O9/c1-11(2)5-15(24-17(28)8-22)20(32)25-10-14(27)7-16(25)19(31)23-9-13(26)6-12(21(33)34)3-4-18(29)30/h11-12,14-16,27H,3-10,22H2,1-2H3,(H,23,31)(H,24,28)(H,29,30)(H,33,34)/p-1/t12-,14+,15+,16+/m1/s1. The van der Waals surface area contributed by atoms with Gasteiger partial charge in [0.2, 0.25) is 11.8 Å². The molecule has 4 atom stereocenters. The molecule has 3 amide bonds. The summed E-state index contributed by atoms with van der Waals surface area (Å²) in [5.74, 6) is -6.71. The van der Waals surface area contributed by atoms with Gasteiger partial charge in [-0.2, -0.15) is 0 Å². The van der Waals surface area contributed by atoms with Gasteiger partial charge >= 0.3 is 0 Å². The second-order valence-electron chi connectivity index (χ2n) is 8.78. The van der Waals surface area contributed by atoms with Crippen molar-refractivity contribution in [3.05, 3.63) is 0 Å². The molecule has 192 valence electrons. The Bertz CT molecular complexity index is 786. The third-order valence-electron chi connectivity index (χ3n) is 5.40. The molecule has 1 aliphatic heterocycles. The molecule has 1 fully saturated rings. The Morgan fingerprint density at radius 2 is 1.79 bits per heavy atom. The number of carboxylic acid groups (broad SMARTS) is 2. The van der Waals surface area contributed by atoms with E-state index in [9.17, 15) is 44.1 Å². The lowest BCUT2D eigenvalue weighted by molar-refractivity contribution is -0.355. The van der Waals surface area contributed by atoms with Crippen LogP contribution >= 0.6 is 0 Å². The summed E-state index contributed by atoms with van der Waals surface area (Å²) in [7, 11) is 0. The van der Waals surface area contributed by atoms with Crippen LogP contribution in [-0.4, -0.2) is 83.3 Å². The van der Waals surface area contributed by atoms with E-state index in [1.54, 1.807) is 0 Å². The number of nitrogens with one attached hydrogen (secondary N) is 2. The molecule has 0 spiro atoms. The van der Waals surface area contributed by atoms with Crippen molar-refractivity contribution in [2.45, 2.75) is 64.1 Å². The summed E-state index contributed by atoms with van der Waals surface area (Å²) in [5, 5.41) is 36.6. The highest BCUT2D eigenvalue weighted by Gasteiger charge is 2.41. The predicted octanol–water partition coefficient (Wildman–Crippen LogP) is -5.31. The molecule has 13 heteroatoms. The topological polar surface area (TPSA) is 224 Å². The number of aliphatic hydroxyl groups is 1. The molecular weight excluding hydrogens is 452 g/mol. The van der Waals surface area contributed by atoms with Crippen LogP contribution in [0.25, 0.3) is 0 Å². The van der Waals surface area contributed by atoms with Gasteiger partial charge in [-0.05, 0) is 25.2 Å². The normalized spacial score (nSPS) is 19.4. The fraction of sp³-hybridized carbons (Fsp3) is 0.714. The zero-order chi connectivity index (χ0) is 26.0. The minimum atomic E-state index is -1.59. The maximum absolute atomic E-state index is 13.1. The van der Waals surface area contributed by atoms with Crippen LogP contribution in [0.5, 0.6) is 0 Å². The number of carboxylic acids is 2. The SMILES string of the molecule is CC(C)C[C@H](NC(=O)C[NH3+])C(=O)N1C[C@@H](O)C[C@H]1C(=O)NCC(=O)C[C@@H](CCC(=O)[O-])C(=O)[O-]. The van der Waals surface area contributed by atoms with Crippen molar-refractivity contribution in [2.24, 2.45) is 11.8 Å². The number of nitrogens with zero attached hydrogens (tertiary/aromatic N) is 1. The van der Waals surface area contributed by atoms with Gasteiger partial charge in [-0.25, -0.2) is 0 Å². The number of quaternary nitrogens is 1. The monoisotopic (exact) mass is 485 g/mol. The molecular formula is C21H33N4O9-. The van der Waals surface area contributed by atoms with Crippen LogP contribution in [0.15, 0.2) is 0 Å². The number of likely N-dealkylation sites (tertiary alicyclic amines) is 1. The summed E-state index contributed by atoms with van der Waals surface area (Å²) in [6, 6.07) is -2.00. The Morgan fingerprint density at radius 1 is 1.15 bits per heavy atom. The van der Waals surface area contributed by atoms with Crippen LogP contribution in [0.3, 0.4) is 0 Å². The van der Waals surface area contributed by atoms with Crippen LogP contribution in [0.1, 0.15) is 46.0 Å². The molecule has 34 heavy (non-hydrogen) atoms. The molecule has 0 bridgehead atoms. The maximum atomic E-state index is 13.1. The van der Waals surface area contributed by atoms with Crippen molar-refractivity contribution < 1.29 is 49.8 Å². The van der Waals surface area contributed by atoms with E-state index >= 15 is 0 Å². The molecule has 1 heterocycles. The lowest BCUT2D eigenvalue weighted by atomic mass is 9.97. The average molecular weight is 486 g/mol. The van der Waals surface area contributed by atoms with E-state index in [4.69, 9.17) is 0 Å². The van der Waals surface area contributed by atoms with Crippen molar-refractivity contribution in [2.75, 3.05) is 19.6 Å². The average Bonchev–Trinajstić information content (AvgIpc) is 3.14. The van der Waals surface area contributed by atoms with E-state index in [1.807, 2.05) is 13.8 Å². The zero-order valence-corrected chi connectivity index (χ0v) is 19.4. The van der Waals surface area contributed by atoms with Gasteiger partial charge in [0.05, 0.1) is 12.6 Å². The first-order valence-electron chi connectivity index (χ1n) is 11.1. The summed E-state index contributed by atoms with van der Waals surface area (Å²) >= 11 is 0. The van der Waals surface area contributed by atoms with Crippen LogP contribution in [0.4, 0.5) is 0 Å². The number of carbonyl (C=O) groups is 6. The van der Waals surface area contributed by atoms with Crippen LogP contribution in [0, 0.1) is 11.8 Å². The molecule has 0 aromatic carbocycles. The molecule has 0 aliphatic carbocycles. The first-order valence-corrected chi connectivity index (χ1v) is 11.1. The largest absolute Gasteiger partial charge is 0.550 e. The fourth-order valence-corrected chi connectivity index (χ4v) is 3.71. The van der Waals surface area contributed by atoms with Crippen molar-refractivity contribution in [1.29, 1.82) is 0 Å². The highest BCUT2D eigenvalue weighted by atomic mass is 16.4. The van der Waals surface area contributed by atoms with Crippen molar-refractivity contribution in [1.82, 2.24) is 15.5 Å². The van der Waals surface area contributed by atoms with Gasteiger partial charge in [0.15, 0.2) is 12.3 Å². The molecule has 0 aromatic heterocycles. The lowest BCUT2D eigenvalue weighted by Gasteiger charge is -2.29. The lowest BCUT2D eigenvalue weighted by Crippen LogP contribution is -2.61. The van der Waals surface area contributed by atoms with Crippen molar-refractivity contribution in [3.8, 4) is 0 Å². The molecule has 0 saturated carbocycles. The first kappa shape index (κ1) is 29.0. The third-order valence-corrected chi connectivity index (χ3v) is 5.40. The Morgan fingerprint density at radius 3 is 2.32 bits per heavy atom. The second kappa shape index (κ2) is 13.6. The highest BCUT2D eigenvalue weighted by Crippen LogP contribution is 2.21. The Labute approximate surface area is 197 Å². The minimum absolute atomic E-state index is 0.0464. The minimum Gasteiger partial charge on any atom is -0.550 e. The van der Waals surface area contributed by atoms with E-state index in [0.29, 0.717) is 6.42 Å². The van der Waals surface area contributed by atoms with Crippen molar-refractivity contribution in [3.63, 3.8) is 0 Å².